The molecular formula is C11H20N4O. The SMILES string of the molecule is CCC(C)N(C)C(=O)c1c(N)cnn1CC. The van der Waals surface area contributed by atoms with Gasteiger partial charge in [-0.2, -0.15) is 5.10 Å². The third-order valence-electron chi connectivity index (χ3n) is 2.94. The van der Waals surface area contributed by atoms with Crippen LogP contribution < -0.4 is 5.73 Å². The topological polar surface area (TPSA) is 64.2 Å². The van der Waals surface area contributed by atoms with Crippen LogP contribution in [-0.4, -0.2) is 33.7 Å². The number of carbonyl (C=O) groups is 1. The Kier molecular flexibility index (Phi) is 3.93. The van der Waals surface area contributed by atoms with Gasteiger partial charge >= 0.3 is 0 Å². The first-order valence-electron chi connectivity index (χ1n) is 5.61. The summed E-state index contributed by atoms with van der Waals surface area (Å²) >= 11 is 0. The van der Waals surface area contributed by atoms with Crippen LogP contribution in [0.3, 0.4) is 0 Å². The van der Waals surface area contributed by atoms with Gasteiger partial charge in [-0.05, 0) is 20.3 Å². The van der Waals surface area contributed by atoms with Gasteiger partial charge in [-0.3, -0.25) is 9.48 Å². The number of nitrogens with zero attached hydrogens (tertiary/aromatic N) is 3. The van der Waals surface area contributed by atoms with Crippen LogP contribution >= 0.6 is 0 Å². The third kappa shape index (κ3) is 2.18. The van der Waals surface area contributed by atoms with Crippen molar-refractivity contribution < 1.29 is 4.79 Å². The largest absolute Gasteiger partial charge is 0.396 e. The van der Waals surface area contributed by atoms with Crippen molar-refractivity contribution in [2.24, 2.45) is 0 Å². The summed E-state index contributed by atoms with van der Waals surface area (Å²) in [6, 6.07) is 0.201. The van der Waals surface area contributed by atoms with Gasteiger partial charge in [-0.15, -0.1) is 0 Å². The molecule has 0 saturated carbocycles. The van der Waals surface area contributed by atoms with Gasteiger partial charge in [0.15, 0.2) is 0 Å². The van der Waals surface area contributed by atoms with E-state index in [2.05, 4.69) is 12.0 Å². The van der Waals surface area contributed by atoms with Crippen LogP contribution in [0.15, 0.2) is 6.20 Å². The molecule has 0 saturated heterocycles. The molecule has 0 aliphatic carbocycles. The van der Waals surface area contributed by atoms with Gasteiger partial charge in [0.05, 0.1) is 11.9 Å². The van der Waals surface area contributed by atoms with Crippen molar-refractivity contribution in [3.63, 3.8) is 0 Å². The molecule has 5 nitrogen and oxygen atoms in total. The first-order valence-corrected chi connectivity index (χ1v) is 5.61. The normalized spacial score (nSPS) is 12.5. The first-order chi connectivity index (χ1) is 7.52. The number of anilines is 1. The Hall–Kier alpha value is -1.52. The molecule has 1 amide bonds. The number of nitrogens with two attached hydrogens (primary N) is 1. The summed E-state index contributed by atoms with van der Waals surface area (Å²) in [5.41, 5.74) is 6.70. The molecule has 0 aliphatic rings. The molecular weight excluding hydrogens is 204 g/mol. The molecule has 0 aromatic carbocycles. The van der Waals surface area contributed by atoms with E-state index in [0.717, 1.165) is 6.42 Å². The summed E-state index contributed by atoms with van der Waals surface area (Å²) in [5, 5.41) is 4.07. The van der Waals surface area contributed by atoms with Gasteiger partial charge in [0, 0.05) is 19.6 Å². The summed E-state index contributed by atoms with van der Waals surface area (Å²) in [7, 11) is 1.79. The average molecular weight is 224 g/mol. The number of hydrogen-bond donors (Lipinski definition) is 1. The van der Waals surface area contributed by atoms with E-state index in [4.69, 9.17) is 5.73 Å². The second kappa shape index (κ2) is 5.01. The van der Waals surface area contributed by atoms with Crippen molar-refractivity contribution in [1.82, 2.24) is 14.7 Å². The molecule has 0 fully saturated rings. The van der Waals surface area contributed by atoms with Crippen LogP contribution in [0.5, 0.6) is 0 Å². The fourth-order valence-corrected chi connectivity index (χ4v) is 1.51. The van der Waals surface area contributed by atoms with E-state index in [0.29, 0.717) is 17.9 Å². The summed E-state index contributed by atoms with van der Waals surface area (Å²) in [6.07, 6.45) is 2.45. The maximum atomic E-state index is 12.2. The Morgan fingerprint density at radius 1 is 1.62 bits per heavy atom. The molecule has 0 radical (unpaired) electrons. The van der Waals surface area contributed by atoms with E-state index in [9.17, 15) is 4.79 Å². The molecule has 1 heterocycles. The smallest absolute Gasteiger partial charge is 0.274 e. The molecule has 1 aromatic rings. The zero-order valence-electron chi connectivity index (χ0n) is 10.4. The molecule has 0 aliphatic heterocycles. The second-order valence-corrected chi connectivity index (χ2v) is 3.94. The number of amides is 1. The predicted molar refractivity (Wildman–Crippen MR) is 64.2 cm³/mol. The molecule has 16 heavy (non-hydrogen) atoms. The van der Waals surface area contributed by atoms with E-state index in [-0.39, 0.29) is 11.9 Å². The Bertz CT molecular complexity index is 372. The summed E-state index contributed by atoms with van der Waals surface area (Å²) < 4.78 is 1.64. The van der Waals surface area contributed by atoms with Crippen molar-refractivity contribution in [3.05, 3.63) is 11.9 Å². The predicted octanol–water partition coefficient (Wildman–Crippen LogP) is 1.36. The summed E-state index contributed by atoms with van der Waals surface area (Å²) in [4.78, 5) is 13.9. The van der Waals surface area contributed by atoms with E-state index < -0.39 is 0 Å². The van der Waals surface area contributed by atoms with Crippen LogP contribution in [0.4, 0.5) is 5.69 Å². The number of aromatic nitrogens is 2. The van der Waals surface area contributed by atoms with E-state index in [1.165, 1.54) is 6.20 Å². The quantitative estimate of drug-likeness (QED) is 0.839. The zero-order chi connectivity index (χ0) is 12.3. The highest BCUT2D eigenvalue weighted by molar-refractivity contribution is 5.97. The molecule has 0 spiro atoms. The minimum absolute atomic E-state index is 0.0637. The minimum atomic E-state index is -0.0637. The van der Waals surface area contributed by atoms with Crippen LogP contribution in [0.1, 0.15) is 37.7 Å². The van der Waals surface area contributed by atoms with E-state index in [1.807, 2.05) is 13.8 Å². The highest BCUT2D eigenvalue weighted by Crippen LogP contribution is 2.15. The lowest BCUT2D eigenvalue weighted by Gasteiger charge is -2.24. The number of nitrogen functional groups attached to an aromatic ring is 1. The Labute approximate surface area is 96.2 Å². The lowest BCUT2D eigenvalue weighted by atomic mass is 10.2. The van der Waals surface area contributed by atoms with Gasteiger partial charge in [-0.1, -0.05) is 6.92 Å². The highest BCUT2D eigenvalue weighted by atomic mass is 16.2. The van der Waals surface area contributed by atoms with Crippen LogP contribution in [0, 0.1) is 0 Å². The maximum absolute atomic E-state index is 12.2. The van der Waals surface area contributed by atoms with Crippen molar-refractivity contribution in [1.29, 1.82) is 0 Å². The monoisotopic (exact) mass is 224 g/mol. The second-order valence-electron chi connectivity index (χ2n) is 3.94. The van der Waals surface area contributed by atoms with E-state index >= 15 is 0 Å². The number of aryl methyl sites for hydroxylation is 1. The third-order valence-corrected chi connectivity index (χ3v) is 2.94. The average Bonchev–Trinajstić information content (AvgIpc) is 2.67. The Balaban J connectivity index is 2.99. The zero-order valence-corrected chi connectivity index (χ0v) is 10.4. The highest BCUT2D eigenvalue weighted by Gasteiger charge is 2.22. The maximum Gasteiger partial charge on any atom is 0.274 e. The van der Waals surface area contributed by atoms with Crippen LogP contribution in [-0.2, 0) is 6.54 Å². The van der Waals surface area contributed by atoms with Crippen molar-refractivity contribution in [2.75, 3.05) is 12.8 Å². The molecule has 0 bridgehead atoms. The Morgan fingerprint density at radius 3 is 2.75 bits per heavy atom. The van der Waals surface area contributed by atoms with Gasteiger partial charge in [0.25, 0.3) is 5.91 Å². The molecule has 1 rings (SSSR count). The lowest BCUT2D eigenvalue weighted by molar-refractivity contribution is 0.0729. The molecule has 1 aromatic heterocycles. The minimum Gasteiger partial charge on any atom is -0.396 e. The Morgan fingerprint density at radius 2 is 2.25 bits per heavy atom. The summed E-state index contributed by atoms with van der Waals surface area (Å²) in [6.45, 7) is 6.65. The van der Waals surface area contributed by atoms with Crippen molar-refractivity contribution in [2.45, 2.75) is 39.8 Å². The first kappa shape index (κ1) is 12.5. The van der Waals surface area contributed by atoms with Gasteiger partial charge < -0.3 is 10.6 Å². The summed E-state index contributed by atoms with van der Waals surface area (Å²) in [5.74, 6) is -0.0637. The van der Waals surface area contributed by atoms with Gasteiger partial charge in [-0.25, -0.2) is 0 Å². The molecule has 1 atom stereocenters. The number of rotatable bonds is 4. The van der Waals surface area contributed by atoms with Crippen molar-refractivity contribution in [3.8, 4) is 0 Å². The standard InChI is InChI=1S/C11H20N4O/c1-5-8(3)14(4)11(16)10-9(12)7-13-15(10)6-2/h7-8H,5-6,12H2,1-4H3. The van der Waals surface area contributed by atoms with Crippen LogP contribution in [0.25, 0.3) is 0 Å². The molecule has 5 heteroatoms. The number of carbonyl (C=O) groups excluding carboxylic acids is 1. The van der Waals surface area contributed by atoms with E-state index in [1.54, 1.807) is 16.6 Å². The fraction of sp³-hybridized carbons (Fsp3) is 0.636. The van der Waals surface area contributed by atoms with Gasteiger partial charge in [0.2, 0.25) is 0 Å². The lowest BCUT2D eigenvalue weighted by Crippen LogP contribution is -2.36. The molecule has 2 N–H and O–H groups in total. The van der Waals surface area contributed by atoms with Crippen LogP contribution in [0.2, 0.25) is 0 Å². The molecule has 90 valence electrons. The number of hydrogen-bond acceptors (Lipinski definition) is 3. The van der Waals surface area contributed by atoms with Gasteiger partial charge in [0.1, 0.15) is 5.69 Å². The van der Waals surface area contributed by atoms with Crippen molar-refractivity contribution >= 4 is 11.6 Å². The fourth-order valence-electron chi connectivity index (χ4n) is 1.51. The molecule has 1 unspecified atom stereocenters.